The smallest absolute Gasteiger partial charge is 0.230 e. The van der Waals surface area contributed by atoms with E-state index in [1.165, 1.54) is 11.8 Å². The molecule has 140 valence electrons. The van der Waals surface area contributed by atoms with Crippen LogP contribution in [0.2, 0.25) is 0 Å². The summed E-state index contributed by atoms with van der Waals surface area (Å²) in [5, 5.41) is 11.7. The highest BCUT2D eigenvalue weighted by atomic mass is 32.2. The largest absolute Gasteiger partial charge is 0.490 e. The number of rotatable bonds is 6. The standard InChI is InChI=1S/C18H24N4O3S/c1-12(2)22-11-19-21-18(22)26-10-17(23)20-13(3)14-5-6-15-16(9-14)25-8-4-7-24-15/h5-6,9,11-13H,4,7-8,10H2,1-3H3,(H,20,23). The quantitative estimate of drug-likeness (QED) is 0.781. The van der Waals surface area contributed by atoms with E-state index >= 15 is 0 Å². The Kier molecular flexibility index (Phi) is 6.03. The minimum Gasteiger partial charge on any atom is -0.490 e. The van der Waals surface area contributed by atoms with Crippen LogP contribution in [0.25, 0.3) is 0 Å². The zero-order valence-corrected chi connectivity index (χ0v) is 16.1. The minimum absolute atomic E-state index is 0.0482. The van der Waals surface area contributed by atoms with Gasteiger partial charge in [0.15, 0.2) is 16.7 Å². The van der Waals surface area contributed by atoms with Gasteiger partial charge in [-0.15, -0.1) is 10.2 Å². The molecule has 3 rings (SSSR count). The van der Waals surface area contributed by atoms with Crippen molar-refractivity contribution in [1.29, 1.82) is 0 Å². The van der Waals surface area contributed by atoms with Gasteiger partial charge in [-0.2, -0.15) is 0 Å². The second kappa shape index (κ2) is 8.44. The van der Waals surface area contributed by atoms with E-state index in [0.717, 1.165) is 28.6 Å². The number of benzene rings is 1. The van der Waals surface area contributed by atoms with Crippen LogP contribution < -0.4 is 14.8 Å². The summed E-state index contributed by atoms with van der Waals surface area (Å²) in [5.41, 5.74) is 0.984. The first-order chi connectivity index (χ1) is 12.5. The zero-order valence-electron chi connectivity index (χ0n) is 15.3. The topological polar surface area (TPSA) is 78.3 Å². The summed E-state index contributed by atoms with van der Waals surface area (Å²) in [6.45, 7) is 7.37. The van der Waals surface area contributed by atoms with Crippen LogP contribution in [-0.2, 0) is 4.79 Å². The zero-order chi connectivity index (χ0) is 18.5. The van der Waals surface area contributed by atoms with E-state index in [1.54, 1.807) is 6.33 Å². The van der Waals surface area contributed by atoms with E-state index < -0.39 is 0 Å². The lowest BCUT2D eigenvalue weighted by molar-refractivity contribution is -0.119. The SMILES string of the molecule is CC(NC(=O)CSc1nncn1C(C)C)c1ccc2c(c1)OCCCO2. The van der Waals surface area contributed by atoms with Gasteiger partial charge in [0.1, 0.15) is 6.33 Å². The summed E-state index contributed by atoms with van der Waals surface area (Å²) >= 11 is 1.39. The van der Waals surface area contributed by atoms with Gasteiger partial charge in [-0.25, -0.2) is 0 Å². The molecule has 0 radical (unpaired) electrons. The van der Waals surface area contributed by atoms with Gasteiger partial charge in [0.2, 0.25) is 5.91 Å². The van der Waals surface area contributed by atoms with E-state index in [1.807, 2.05) is 29.7 Å². The summed E-state index contributed by atoms with van der Waals surface area (Å²) in [7, 11) is 0. The number of hydrogen-bond donors (Lipinski definition) is 1. The predicted molar refractivity (Wildman–Crippen MR) is 99.7 cm³/mol. The number of aromatic nitrogens is 3. The Labute approximate surface area is 157 Å². The Bertz CT molecular complexity index is 763. The number of carbonyl (C=O) groups excluding carboxylic acids is 1. The molecule has 0 fully saturated rings. The van der Waals surface area contributed by atoms with Gasteiger partial charge in [-0.05, 0) is 38.5 Å². The maximum atomic E-state index is 12.3. The lowest BCUT2D eigenvalue weighted by Gasteiger charge is -2.16. The van der Waals surface area contributed by atoms with E-state index in [0.29, 0.717) is 19.0 Å². The predicted octanol–water partition coefficient (Wildman–Crippen LogP) is 2.99. The molecule has 1 amide bonds. The second-order valence-corrected chi connectivity index (χ2v) is 7.39. The summed E-state index contributed by atoms with van der Waals surface area (Å²) in [4.78, 5) is 12.3. The fourth-order valence-corrected chi connectivity index (χ4v) is 3.49. The van der Waals surface area contributed by atoms with Crippen molar-refractivity contribution in [2.45, 2.75) is 44.4 Å². The third-order valence-electron chi connectivity index (χ3n) is 4.08. The highest BCUT2D eigenvalue weighted by Crippen LogP contribution is 2.32. The molecule has 1 aromatic carbocycles. The van der Waals surface area contributed by atoms with E-state index in [-0.39, 0.29) is 18.0 Å². The summed E-state index contributed by atoms with van der Waals surface area (Å²) in [5.74, 6) is 1.74. The number of nitrogens with zero attached hydrogens (tertiary/aromatic N) is 3. The summed E-state index contributed by atoms with van der Waals surface area (Å²) in [6, 6.07) is 5.94. The van der Waals surface area contributed by atoms with E-state index in [2.05, 4.69) is 29.4 Å². The minimum atomic E-state index is -0.122. The van der Waals surface area contributed by atoms with Crippen molar-refractivity contribution in [3.63, 3.8) is 0 Å². The van der Waals surface area contributed by atoms with Crippen molar-refractivity contribution in [2.75, 3.05) is 19.0 Å². The highest BCUT2D eigenvalue weighted by molar-refractivity contribution is 7.99. The van der Waals surface area contributed by atoms with Crippen LogP contribution in [0.15, 0.2) is 29.7 Å². The second-order valence-electron chi connectivity index (χ2n) is 6.45. The molecule has 7 nitrogen and oxygen atoms in total. The van der Waals surface area contributed by atoms with Gasteiger partial charge in [0.25, 0.3) is 0 Å². The van der Waals surface area contributed by atoms with Crippen LogP contribution >= 0.6 is 11.8 Å². The molecule has 0 bridgehead atoms. The van der Waals surface area contributed by atoms with Gasteiger partial charge in [0.05, 0.1) is 25.0 Å². The number of amides is 1. The molecule has 0 saturated carbocycles. The molecule has 2 aromatic rings. The van der Waals surface area contributed by atoms with Crippen LogP contribution in [-0.4, -0.2) is 39.6 Å². The molecule has 1 aliphatic rings. The molecule has 1 atom stereocenters. The van der Waals surface area contributed by atoms with Gasteiger partial charge in [-0.1, -0.05) is 17.8 Å². The van der Waals surface area contributed by atoms with Crippen molar-refractivity contribution in [3.8, 4) is 11.5 Å². The molecule has 1 N–H and O–H groups in total. The lowest BCUT2D eigenvalue weighted by atomic mass is 10.1. The fraction of sp³-hybridized carbons (Fsp3) is 0.500. The number of thioether (sulfide) groups is 1. The molecule has 0 aliphatic carbocycles. The number of fused-ring (bicyclic) bond motifs is 1. The van der Waals surface area contributed by atoms with Gasteiger partial charge < -0.3 is 19.4 Å². The third kappa shape index (κ3) is 4.49. The highest BCUT2D eigenvalue weighted by Gasteiger charge is 2.16. The summed E-state index contributed by atoms with van der Waals surface area (Å²) < 4.78 is 13.3. The van der Waals surface area contributed by atoms with Crippen LogP contribution in [0.5, 0.6) is 11.5 Å². The molecule has 0 saturated heterocycles. The Morgan fingerprint density at radius 2 is 2.04 bits per heavy atom. The van der Waals surface area contributed by atoms with Crippen molar-refractivity contribution in [3.05, 3.63) is 30.1 Å². The van der Waals surface area contributed by atoms with Crippen LogP contribution in [0.4, 0.5) is 0 Å². The average Bonchev–Trinajstić information content (AvgIpc) is 2.97. The van der Waals surface area contributed by atoms with Crippen molar-refractivity contribution >= 4 is 17.7 Å². The van der Waals surface area contributed by atoms with Gasteiger partial charge >= 0.3 is 0 Å². The maximum absolute atomic E-state index is 12.3. The third-order valence-corrected chi connectivity index (χ3v) is 5.04. The Balaban J connectivity index is 1.57. The molecule has 2 heterocycles. The number of hydrogen-bond acceptors (Lipinski definition) is 6. The van der Waals surface area contributed by atoms with Gasteiger partial charge in [0, 0.05) is 12.5 Å². The molecular weight excluding hydrogens is 352 g/mol. The molecular formula is C18H24N4O3S. The fourth-order valence-electron chi connectivity index (χ4n) is 2.64. The molecule has 0 spiro atoms. The molecule has 8 heteroatoms. The Morgan fingerprint density at radius 1 is 1.27 bits per heavy atom. The maximum Gasteiger partial charge on any atom is 0.230 e. The van der Waals surface area contributed by atoms with Crippen LogP contribution in [0.1, 0.15) is 44.8 Å². The van der Waals surface area contributed by atoms with E-state index in [9.17, 15) is 4.79 Å². The average molecular weight is 376 g/mol. The lowest BCUT2D eigenvalue weighted by Crippen LogP contribution is -2.28. The van der Waals surface area contributed by atoms with Crippen molar-refractivity contribution in [1.82, 2.24) is 20.1 Å². The summed E-state index contributed by atoms with van der Waals surface area (Å²) in [6.07, 6.45) is 2.56. The molecule has 1 aliphatic heterocycles. The monoisotopic (exact) mass is 376 g/mol. The normalized spacial score (nSPS) is 14.8. The first-order valence-corrected chi connectivity index (χ1v) is 9.74. The molecule has 1 aromatic heterocycles. The number of carbonyl (C=O) groups is 1. The molecule has 1 unspecified atom stereocenters. The van der Waals surface area contributed by atoms with Crippen LogP contribution in [0, 0.1) is 0 Å². The first kappa shape index (κ1) is 18.6. The number of nitrogens with one attached hydrogen (secondary N) is 1. The molecule has 26 heavy (non-hydrogen) atoms. The van der Waals surface area contributed by atoms with Gasteiger partial charge in [-0.3, -0.25) is 4.79 Å². The van der Waals surface area contributed by atoms with Crippen LogP contribution in [0.3, 0.4) is 0 Å². The Hall–Kier alpha value is -2.22. The van der Waals surface area contributed by atoms with Crippen molar-refractivity contribution < 1.29 is 14.3 Å². The van der Waals surface area contributed by atoms with Crippen molar-refractivity contribution in [2.24, 2.45) is 0 Å². The first-order valence-electron chi connectivity index (χ1n) is 8.76. The number of ether oxygens (including phenoxy) is 2. The van der Waals surface area contributed by atoms with E-state index in [4.69, 9.17) is 9.47 Å². The Morgan fingerprint density at radius 3 is 2.81 bits per heavy atom.